The van der Waals surface area contributed by atoms with Crippen LogP contribution in [0.15, 0.2) is 36.2 Å². The quantitative estimate of drug-likeness (QED) is 0.504. The third-order valence-corrected chi connectivity index (χ3v) is 5.57. The summed E-state index contributed by atoms with van der Waals surface area (Å²) in [5.74, 6) is 1.40. The van der Waals surface area contributed by atoms with Gasteiger partial charge in [-0.05, 0) is 49.1 Å². The average Bonchev–Trinajstić information content (AvgIpc) is 2.68. The summed E-state index contributed by atoms with van der Waals surface area (Å²) in [7, 11) is 1.63. The highest BCUT2D eigenvalue weighted by molar-refractivity contribution is 5.93. The third kappa shape index (κ3) is 6.44. The minimum atomic E-state index is -0.0960. The standard InChI is InChI=1S/C22H33N3O3/c1-15(2)20-11-18(12-21(26)24-8-9-28-4)16(3)10-19(20)14-25-22(27)17-6-5-7-23-13-17/h5-7,10,13,15,18-20H,8-9,11-12,14H2,1-4H3,(H,24,26)(H,25,27)/t18-,19-,20-/m0/s1. The summed E-state index contributed by atoms with van der Waals surface area (Å²) in [6.45, 7) is 8.19. The summed E-state index contributed by atoms with van der Waals surface area (Å²) in [5.41, 5.74) is 1.81. The molecule has 0 saturated carbocycles. The highest BCUT2D eigenvalue weighted by atomic mass is 16.5. The zero-order valence-corrected chi connectivity index (χ0v) is 17.4. The molecule has 0 aliphatic heterocycles. The van der Waals surface area contributed by atoms with Gasteiger partial charge in [-0.3, -0.25) is 14.6 Å². The van der Waals surface area contributed by atoms with E-state index in [-0.39, 0.29) is 23.7 Å². The number of hydrogen-bond donors (Lipinski definition) is 2. The van der Waals surface area contributed by atoms with Gasteiger partial charge < -0.3 is 15.4 Å². The number of carbonyl (C=O) groups excluding carboxylic acids is 2. The molecule has 1 aromatic rings. The first-order chi connectivity index (χ1) is 13.4. The van der Waals surface area contributed by atoms with E-state index >= 15 is 0 Å². The summed E-state index contributed by atoms with van der Waals surface area (Å²) in [6.07, 6.45) is 6.96. The number of ether oxygens (including phenoxy) is 1. The van der Waals surface area contributed by atoms with E-state index < -0.39 is 0 Å². The van der Waals surface area contributed by atoms with Crippen LogP contribution in [-0.2, 0) is 9.53 Å². The van der Waals surface area contributed by atoms with E-state index in [1.807, 2.05) is 0 Å². The van der Waals surface area contributed by atoms with E-state index in [1.54, 1.807) is 31.6 Å². The fourth-order valence-electron chi connectivity index (χ4n) is 3.91. The van der Waals surface area contributed by atoms with Crippen molar-refractivity contribution in [1.29, 1.82) is 0 Å². The summed E-state index contributed by atoms with van der Waals surface area (Å²) in [6, 6.07) is 3.53. The molecule has 6 nitrogen and oxygen atoms in total. The molecule has 6 heteroatoms. The van der Waals surface area contributed by atoms with Crippen LogP contribution >= 0.6 is 0 Å². The van der Waals surface area contributed by atoms with Gasteiger partial charge in [0.15, 0.2) is 0 Å². The van der Waals surface area contributed by atoms with E-state index in [9.17, 15) is 9.59 Å². The van der Waals surface area contributed by atoms with E-state index in [1.165, 1.54) is 5.57 Å². The van der Waals surface area contributed by atoms with Gasteiger partial charge >= 0.3 is 0 Å². The highest BCUT2D eigenvalue weighted by Gasteiger charge is 2.32. The Morgan fingerprint density at radius 2 is 2.11 bits per heavy atom. The monoisotopic (exact) mass is 387 g/mol. The van der Waals surface area contributed by atoms with E-state index in [4.69, 9.17) is 4.74 Å². The van der Waals surface area contributed by atoms with Gasteiger partial charge in [0, 0.05) is 39.0 Å². The van der Waals surface area contributed by atoms with Gasteiger partial charge in [-0.1, -0.05) is 25.5 Å². The minimum absolute atomic E-state index is 0.0700. The van der Waals surface area contributed by atoms with Gasteiger partial charge in [-0.15, -0.1) is 0 Å². The number of amides is 2. The molecule has 0 saturated heterocycles. The van der Waals surface area contributed by atoms with Crippen molar-refractivity contribution in [1.82, 2.24) is 15.6 Å². The molecule has 0 bridgehead atoms. The van der Waals surface area contributed by atoms with Crippen LogP contribution in [-0.4, -0.2) is 43.6 Å². The first kappa shape index (κ1) is 22.1. The number of rotatable bonds is 9. The first-order valence-corrected chi connectivity index (χ1v) is 10.0. The number of nitrogens with zero attached hydrogens (tertiary/aromatic N) is 1. The molecule has 28 heavy (non-hydrogen) atoms. The predicted molar refractivity (Wildman–Crippen MR) is 110 cm³/mol. The molecule has 0 spiro atoms. The van der Waals surface area contributed by atoms with Crippen LogP contribution in [0.25, 0.3) is 0 Å². The Hall–Kier alpha value is -2.21. The molecule has 154 valence electrons. The number of methoxy groups -OCH3 is 1. The number of hydrogen-bond acceptors (Lipinski definition) is 4. The Balaban J connectivity index is 1.97. The van der Waals surface area contributed by atoms with Crippen molar-refractivity contribution >= 4 is 11.8 Å². The minimum Gasteiger partial charge on any atom is -0.383 e. The summed E-state index contributed by atoms with van der Waals surface area (Å²) in [5, 5.41) is 5.96. The normalized spacial score (nSPS) is 21.9. The lowest BCUT2D eigenvalue weighted by Crippen LogP contribution is -2.38. The van der Waals surface area contributed by atoms with Gasteiger partial charge in [0.05, 0.1) is 12.2 Å². The topological polar surface area (TPSA) is 80.3 Å². The maximum Gasteiger partial charge on any atom is 0.252 e. The number of pyridine rings is 1. The molecule has 2 N–H and O–H groups in total. The van der Waals surface area contributed by atoms with Crippen LogP contribution in [0.5, 0.6) is 0 Å². The van der Waals surface area contributed by atoms with Crippen molar-refractivity contribution in [2.75, 3.05) is 26.8 Å². The van der Waals surface area contributed by atoms with Crippen molar-refractivity contribution in [3.8, 4) is 0 Å². The van der Waals surface area contributed by atoms with Gasteiger partial charge in [-0.25, -0.2) is 0 Å². The molecule has 3 atom stereocenters. The maximum atomic E-state index is 12.3. The van der Waals surface area contributed by atoms with Crippen LogP contribution in [0.1, 0.15) is 44.0 Å². The second-order valence-corrected chi connectivity index (χ2v) is 7.91. The van der Waals surface area contributed by atoms with Crippen LogP contribution in [0.4, 0.5) is 0 Å². The second-order valence-electron chi connectivity index (χ2n) is 7.91. The van der Waals surface area contributed by atoms with Crippen molar-refractivity contribution in [2.24, 2.45) is 23.7 Å². The van der Waals surface area contributed by atoms with Crippen molar-refractivity contribution in [2.45, 2.75) is 33.6 Å². The molecule has 1 aromatic heterocycles. The van der Waals surface area contributed by atoms with Crippen LogP contribution in [0, 0.1) is 23.7 Å². The molecule has 0 fully saturated rings. The van der Waals surface area contributed by atoms with Crippen molar-refractivity contribution in [3.63, 3.8) is 0 Å². The summed E-state index contributed by atoms with van der Waals surface area (Å²) >= 11 is 0. The largest absolute Gasteiger partial charge is 0.383 e. The lowest BCUT2D eigenvalue weighted by atomic mass is 9.69. The molecule has 1 heterocycles. The highest BCUT2D eigenvalue weighted by Crippen LogP contribution is 2.38. The lowest BCUT2D eigenvalue weighted by Gasteiger charge is -2.37. The van der Waals surface area contributed by atoms with Crippen molar-refractivity contribution in [3.05, 3.63) is 41.7 Å². The van der Waals surface area contributed by atoms with E-state index in [0.717, 1.165) is 6.42 Å². The Bertz CT molecular complexity index is 673. The van der Waals surface area contributed by atoms with Gasteiger partial charge in [0.25, 0.3) is 5.91 Å². The molecular formula is C22H33N3O3. The molecule has 2 amide bonds. The molecule has 2 rings (SSSR count). The summed E-state index contributed by atoms with van der Waals surface area (Å²) in [4.78, 5) is 28.6. The maximum absolute atomic E-state index is 12.3. The Morgan fingerprint density at radius 3 is 2.75 bits per heavy atom. The van der Waals surface area contributed by atoms with Gasteiger partial charge in [-0.2, -0.15) is 0 Å². The predicted octanol–water partition coefficient (Wildman–Crippen LogP) is 2.82. The van der Waals surface area contributed by atoms with Crippen LogP contribution in [0.2, 0.25) is 0 Å². The van der Waals surface area contributed by atoms with Gasteiger partial charge in [0.1, 0.15) is 0 Å². The molecule has 0 unspecified atom stereocenters. The van der Waals surface area contributed by atoms with Gasteiger partial charge in [0.2, 0.25) is 5.91 Å². The SMILES string of the molecule is COCCNC(=O)C[C@@H]1C[C@@H](C(C)C)[C@H](CNC(=O)c2cccnc2)C=C1C. The number of nitrogens with one attached hydrogen (secondary N) is 2. The molecule has 0 radical (unpaired) electrons. The lowest BCUT2D eigenvalue weighted by molar-refractivity contribution is -0.122. The fraction of sp³-hybridized carbons (Fsp3) is 0.591. The Morgan fingerprint density at radius 1 is 1.32 bits per heavy atom. The van der Waals surface area contributed by atoms with E-state index in [2.05, 4.69) is 42.5 Å². The van der Waals surface area contributed by atoms with Crippen LogP contribution in [0.3, 0.4) is 0 Å². The Labute approximate surface area is 168 Å². The first-order valence-electron chi connectivity index (χ1n) is 10.0. The fourth-order valence-corrected chi connectivity index (χ4v) is 3.91. The average molecular weight is 388 g/mol. The second kappa shape index (κ2) is 11.0. The van der Waals surface area contributed by atoms with Crippen molar-refractivity contribution < 1.29 is 14.3 Å². The van der Waals surface area contributed by atoms with Crippen LogP contribution < -0.4 is 10.6 Å². The smallest absolute Gasteiger partial charge is 0.252 e. The third-order valence-electron chi connectivity index (χ3n) is 5.57. The van der Waals surface area contributed by atoms with E-state index in [0.29, 0.717) is 43.5 Å². The molecule has 1 aliphatic rings. The number of aromatic nitrogens is 1. The molecule has 1 aliphatic carbocycles. The zero-order chi connectivity index (χ0) is 20.5. The molecule has 0 aromatic carbocycles. The number of carbonyl (C=O) groups is 2. The number of allylic oxidation sites excluding steroid dienone is 1. The summed E-state index contributed by atoms with van der Waals surface area (Å²) < 4.78 is 4.98. The molecular weight excluding hydrogens is 354 g/mol. The zero-order valence-electron chi connectivity index (χ0n) is 17.4. The Kier molecular flexibility index (Phi) is 8.64.